The molecule has 0 radical (unpaired) electrons. The number of likely N-dealkylation sites (N-methyl/N-ethyl adjacent to an activating group) is 1. The minimum Gasteiger partial charge on any atom is -0.383 e. The molecule has 1 aromatic rings. The van der Waals surface area contributed by atoms with E-state index < -0.39 is 0 Å². The zero-order chi connectivity index (χ0) is 13.0. The third-order valence-corrected chi connectivity index (χ3v) is 3.63. The van der Waals surface area contributed by atoms with Gasteiger partial charge in [-0.2, -0.15) is 0 Å². The Morgan fingerprint density at radius 3 is 3.00 bits per heavy atom. The van der Waals surface area contributed by atoms with Crippen LogP contribution in [0.15, 0.2) is 6.33 Å². The van der Waals surface area contributed by atoms with Gasteiger partial charge in [-0.3, -0.25) is 0 Å². The lowest BCUT2D eigenvalue weighted by Gasteiger charge is -2.32. The van der Waals surface area contributed by atoms with Crippen molar-refractivity contribution in [2.75, 3.05) is 30.7 Å². The Morgan fingerprint density at radius 2 is 2.28 bits per heavy atom. The van der Waals surface area contributed by atoms with Crippen LogP contribution in [0.2, 0.25) is 0 Å². The number of nitrogens with one attached hydrogen (secondary N) is 1. The van der Waals surface area contributed by atoms with E-state index in [4.69, 9.17) is 5.73 Å². The van der Waals surface area contributed by atoms with Gasteiger partial charge in [0.25, 0.3) is 0 Å². The standard InChI is InChI=1S/C13H23N5/c1-3-11-12(14)15-9-16-13(11)17-10-6-5-7-18(4-2)8-10/h9-10H,3-8H2,1-2H3,(H3,14,15,16,17). The molecule has 2 heterocycles. The Morgan fingerprint density at radius 1 is 1.44 bits per heavy atom. The maximum atomic E-state index is 5.89. The third kappa shape index (κ3) is 2.90. The van der Waals surface area contributed by atoms with Crippen molar-refractivity contribution >= 4 is 11.6 Å². The second kappa shape index (κ2) is 6.00. The van der Waals surface area contributed by atoms with Crippen molar-refractivity contribution in [3.8, 4) is 0 Å². The molecule has 0 aromatic carbocycles. The van der Waals surface area contributed by atoms with Crippen molar-refractivity contribution in [1.29, 1.82) is 0 Å². The largest absolute Gasteiger partial charge is 0.383 e. The third-order valence-electron chi connectivity index (χ3n) is 3.63. The molecule has 1 saturated heterocycles. The molecule has 1 aromatic heterocycles. The number of aromatic nitrogens is 2. The molecule has 1 atom stereocenters. The van der Waals surface area contributed by atoms with E-state index in [0.29, 0.717) is 11.9 Å². The number of rotatable bonds is 4. The number of hydrogen-bond acceptors (Lipinski definition) is 5. The van der Waals surface area contributed by atoms with Gasteiger partial charge in [0, 0.05) is 18.2 Å². The SMILES string of the molecule is CCc1c(N)ncnc1NC1CCCN(CC)C1. The highest BCUT2D eigenvalue weighted by molar-refractivity contribution is 5.55. The fourth-order valence-electron chi connectivity index (χ4n) is 2.55. The van der Waals surface area contributed by atoms with Crippen LogP contribution in [0.3, 0.4) is 0 Å². The molecule has 0 aliphatic carbocycles. The predicted molar refractivity (Wildman–Crippen MR) is 74.6 cm³/mol. The summed E-state index contributed by atoms with van der Waals surface area (Å²) in [5.74, 6) is 1.51. The molecule has 1 fully saturated rings. The molecule has 1 aliphatic rings. The van der Waals surface area contributed by atoms with Crippen LogP contribution in [-0.4, -0.2) is 40.5 Å². The highest BCUT2D eigenvalue weighted by Crippen LogP contribution is 2.21. The maximum absolute atomic E-state index is 5.89. The molecule has 100 valence electrons. The number of nitrogens with zero attached hydrogens (tertiary/aromatic N) is 3. The van der Waals surface area contributed by atoms with Gasteiger partial charge in [0.05, 0.1) is 0 Å². The normalized spacial score (nSPS) is 20.9. The monoisotopic (exact) mass is 249 g/mol. The molecule has 5 nitrogen and oxygen atoms in total. The zero-order valence-corrected chi connectivity index (χ0v) is 11.3. The Hall–Kier alpha value is -1.36. The minimum atomic E-state index is 0.471. The number of likely N-dealkylation sites (tertiary alicyclic amines) is 1. The first kappa shape index (κ1) is 13.1. The number of anilines is 2. The molecule has 0 amide bonds. The molecule has 3 N–H and O–H groups in total. The van der Waals surface area contributed by atoms with E-state index in [-0.39, 0.29) is 0 Å². The Balaban J connectivity index is 2.07. The van der Waals surface area contributed by atoms with Gasteiger partial charge in [-0.15, -0.1) is 0 Å². The van der Waals surface area contributed by atoms with Crippen LogP contribution in [-0.2, 0) is 6.42 Å². The van der Waals surface area contributed by atoms with E-state index in [1.54, 1.807) is 0 Å². The van der Waals surface area contributed by atoms with E-state index in [2.05, 4.69) is 34.0 Å². The van der Waals surface area contributed by atoms with Gasteiger partial charge in [-0.25, -0.2) is 9.97 Å². The van der Waals surface area contributed by atoms with E-state index in [9.17, 15) is 0 Å². The number of hydrogen-bond donors (Lipinski definition) is 2. The van der Waals surface area contributed by atoms with Gasteiger partial charge in [0.1, 0.15) is 18.0 Å². The Labute approximate surface area is 109 Å². The predicted octanol–water partition coefficient (Wildman–Crippen LogP) is 1.52. The summed E-state index contributed by atoms with van der Waals surface area (Å²) in [6.45, 7) is 7.71. The van der Waals surface area contributed by atoms with Crippen molar-refractivity contribution in [3.05, 3.63) is 11.9 Å². The average Bonchev–Trinajstić information content (AvgIpc) is 2.39. The highest BCUT2D eigenvalue weighted by atomic mass is 15.2. The summed E-state index contributed by atoms with van der Waals surface area (Å²) in [6, 6.07) is 0.471. The summed E-state index contributed by atoms with van der Waals surface area (Å²) in [4.78, 5) is 10.9. The zero-order valence-electron chi connectivity index (χ0n) is 11.3. The van der Waals surface area contributed by atoms with Gasteiger partial charge in [0.15, 0.2) is 0 Å². The summed E-state index contributed by atoms with van der Waals surface area (Å²) in [6.07, 6.45) is 4.84. The second-order valence-corrected chi connectivity index (χ2v) is 4.82. The first-order valence-corrected chi connectivity index (χ1v) is 6.82. The quantitative estimate of drug-likeness (QED) is 0.847. The van der Waals surface area contributed by atoms with Crippen LogP contribution < -0.4 is 11.1 Å². The lowest BCUT2D eigenvalue weighted by Crippen LogP contribution is -2.42. The van der Waals surface area contributed by atoms with Crippen LogP contribution >= 0.6 is 0 Å². The Kier molecular flexibility index (Phi) is 4.36. The molecule has 5 heteroatoms. The molecule has 0 spiro atoms. The molecule has 1 unspecified atom stereocenters. The number of nitrogen functional groups attached to an aromatic ring is 1. The summed E-state index contributed by atoms with van der Waals surface area (Å²) in [5, 5.41) is 3.53. The van der Waals surface area contributed by atoms with Gasteiger partial charge in [0.2, 0.25) is 0 Å². The first-order valence-electron chi connectivity index (χ1n) is 6.82. The van der Waals surface area contributed by atoms with Crippen molar-refractivity contribution in [3.63, 3.8) is 0 Å². The van der Waals surface area contributed by atoms with Crippen LogP contribution in [0.25, 0.3) is 0 Å². The first-order chi connectivity index (χ1) is 8.74. The van der Waals surface area contributed by atoms with Crippen LogP contribution in [0, 0.1) is 0 Å². The van der Waals surface area contributed by atoms with Crippen molar-refractivity contribution < 1.29 is 0 Å². The molecular weight excluding hydrogens is 226 g/mol. The molecular formula is C13H23N5. The highest BCUT2D eigenvalue weighted by Gasteiger charge is 2.20. The van der Waals surface area contributed by atoms with Gasteiger partial charge in [-0.1, -0.05) is 13.8 Å². The van der Waals surface area contributed by atoms with Crippen LogP contribution in [0.5, 0.6) is 0 Å². The summed E-state index contributed by atoms with van der Waals surface area (Å²) in [7, 11) is 0. The number of nitrogens with two attached hydrogens (primary N) is 1. The van der Waals surface area contributed by atoms with E-state index in [1.807, 2.05) is 0 Å². The van der Waals surface area contributed by atoms with Crippen LogP contribution in [0.4, 0.5) is 11.6 Å². The Bertz CT molecular complexity index is 393. The van der Waals surface area contributed by atoms with Crippen LogP contribution in [0.1, 0.15) is 32.3 Å². The van der Waals surface area contributed by atoms with Gasteiger partial charge < -0.3 is 16.0 Å². The van der Waals surface area contributed by atoms with Gasteiger partial charge in [-0.05, 0) is 32.4 Å². The van der Waals surface area contributed by atoms with Crippen molar-refractivity contribution in [2.45, 2.75) is 39.2 Å². The molecule has 1 aliphatic heterocycles. The summed E-state index contributed by atoms with van der Waals surface area (Å²) >= 11 is 0. The lowest BCUT2D eigenvalue weighted by atomic mass is 10.1. The molecule has 0 bridgehead atoms. The maximum Gasteiger partial charge on any atom is 0.134 e. The topological polar surface area (TPSA) is 67.1 Å². The van der Waals surface area contributed by atoms with Crippen molar-refractivity contribution in [2.24, 2.45) is 0 Å². The molecule has 2 rings (SSSR count). The molecule has 0 saturated carbocycles. The van der Waals surface area contributed by atoms with E-state index in [1.165, 1.54) is 25.7 Å². The summed E-state index contributed by atoms with van der Waals surface area (Å²) < 4.78 is 0. The number of piperidine rings is 1. The van der Waals surface area contributed by atoms with Gasteiger partial charge >= 0.3 is 0 Å². The second-order valence-electron chi connectivity index (χ2n) is 4.82. The average molecular weight is 249 g/mol. The summed E-state index contributed by atoms with van der Waals surface area (Å²) in [5.41, 5.74) is 6.92. The fourth-order valence-corrected chi connectivity index (χ4v) is 2.55. The van der Waals surface area contributed by atoms with Crippen molar-refractivity contribution in [1.82, 2.24) is 14.9 Å². The minimum absolute atomic E-state index is 0.471. The van der Waals surface area contributed by atoms with E-state index >= 15 is 0 Å². The molecule has 18 heavy (non-hydrogen) atoms. The van der Waals surface area contributed by atoms with E-state index in [0.717, 1.165) is 30.9 Å². The smallest absolute Gasteiger partial charge is 0.134 e. The fraction of sp³-hybridized carbons (Fsp3) is 0.692. The lowest BCUT2D eigenvalue weighted by molar-refractivity contribution is 0.226.